The third-order valence-corrected chi connectivity index (χ3v) is 3.44. The van der Waals surface area contributed by atoms with E-state index in [9.17, 15) is 0 Å². The predicted molar refractivity (Wildman–Crippen MR) is 86.6 cm³/mol. The van der Waals surface area contributed by atoms with Gasteiger partial charge in [-0.1, -0.05) is 43.3 Å². The standard InChI is InChI=1S/C19H23O2/c1-19(2,13-15-20-17-9-5-3-6-10-17)14-16-21-18-11-7-4-8-12-18/h3-12H,1,13-16H2,2H3. The van der Waals surface area contributed by atoms with Crippen LogP contribution >= 0.6 is 0 Å². The molecule has 1 radical (unpaired) electrons. The summed E-state index contributed by atoms with van der Waals surface area (Å²) in [6, 6.07) is 19.8. The van der Waals surface area contributed by atoms with Crippen molar-refractivity contribution in [2.75, 3.05) is 13.2 Å². The van der Waals surface area contributed by atoms with Gasteiger partial charge in [0.05, 0.1) is 13.2 Å². The Balaban J connectivity index is 1.67. The second kappa shape index (κ2) is 7.72. The van der Waals surface area contributed by atoms with Crippen LogP contribution in [0, 0.1) is 12.3 Å². The summed E-state index contributed by atoms with van der Waals surface area (Å²) in [6.07, 6.45) is 1.81. The van der Waals surface area contributed by atoms with Crippen LogP contribution in [0.25, 0.3) is 0 Å². The van der Waals surface area contributed by atoms with Gasteiger partial charge in [0, 0.05) is 0 Å². The third kappa shape index (κ3) is 5.90. The van der Waals surface area contributed by atoms with Gasteiger partial charge in [-0.2, -0.15) is 0 Å². The first kappa shape index (κ1) is 15.4. The van der Waals surface area contributed by atoms with Crippen LogP contribution in [0.1, 0.15) is 19.8 Å². The van der Waals surface area contributed by atoms with Gasteiger partial charge in [-0.15, -0.1) is 0 Å². The minimum absolute atomic E-state index is 0.0381. The van der Waals surface area contributed by atoms with Crippen molar-refractivity contribution in [3.05, 3.63) is 67.6 Å². The number of para-hydroxylation sites is 2. The lowest BCUT2D eigenvalue weighted by molar-refractivity contribution is 0.201. The van der Waals surface area contributed by atoms with Crippen molar-refractivity contribution in [2.24, 2.45) is 5.41 Å². The maximum Gasteiger partial charge on any atom is 0.119 e. The van der Waals surface area contributed by atoms with E-state index in [1.54, 1.807) is 0 Å². The fourth-order valence-corrected chi connectivity index (χ4v) is 1.99. The lowest BCUT2D eigenvalue weighted by atomic mass is 9.86. The van der Waals surface area contributed by atoms with Crippen LogP contribution in [-0.2, 0) is 0 Å². The SMILES string of the molecule is [CH2]C(C)(CCOc1ccccc1)CCOc1ccccc1. The Hall–Kier alpha value is -1.96. The summed E-state index contributed by atoms with van der Waals surface area (Å²) in [4.78, 5) is 0. The van der Waals surface area contributed by atoms with E-state index in [1.807, 2.05) is 60.7 Å². The van der Waals surface area contributed by atoms with Gasteiger partial charge in [0.2, 0.25) is 0 Å². The van der Waals surface area contributed by atoms with Gasteiger partial charge >= 0.3 is 0 Å². The lowest BCUT2D eigenvalue weighted by Crippen LogP contribution is -2.19. The van der Waals surface area contributed by atoms with Crippen molar-refractivity contribution in [2.45, 2.75) is 19.8 Å². The Kier molecular flexibility index (Phi) is 5.68. The van der Waals surface area contributed by atoms with E-state index in [4.69, 9.17) is 9.47 Å². The fraction of sp³-hybridized carbons (Fsp3) is 0.316. The number of ether oxygens (including phenoxy) is 2. The average Bonchev–Trinajstić information content (AvgIpc) is 2.49. The molecule has 0 heterocycles. The molecule has 2 rings (SSSR count). The third-order valence-electron chi connectivity index (χ3n) is 3.44. The largest absolute Gasteiger partial charge is 0.494 e. The summed E-state index contributed by atoms with van der Waals surface area (Å²) in [5.41, 5.74) is -0.0381. The number of hydrogen-bond acceptors (Lipinski definition) is 2. The van der Waals surface area contributed by atoms with Crippen molar-refractivity contribution in [1.82, 2.24) is 0 Å². The Morgan fingerprint density at radius 1 is 0.762 bits per heavy atom. The highest BCUT2D eigenvalue weighted by Gasteiger charge is 2.18. The first-order valence-electron chi connectivity index (χ1n) is 7.37. The zero-order chi connectivity index (χ0) is 15.0. The van der Waals surface area contributed by atoms with Crippen LogP contribution in [-0.4, -0.2) is 13.2 Å². The van der Waals surface area contributed by atoms with Crippen molar-refractivity contribution < 1.29 is 9.47 Å². The van der Waals surface area contributed by atoms with Crippen LogP contribution in [0.2, 0.25) is 0 Å². The molecule has 0 aliphatic rings. The van der Waals surface area contributed by atoms with Gasteiger partial charge in [-0.3, -0.25) is 0 Å². The summed E-state index contributed by atoms with van der Waals surface area (Å²) in [7, 11) is 0. The predicted octanol–water partition coefficient (Wildman–Crippen LogP) is 4.76. The first-order chi connectivity index (χ1) is 10.2. The first-order valence-corrected chi connectivity index (χ1v) is 7.37. The lowest BCUT2D eigenvalue weighted by Gasteiger charge is -2.24. The average molecular weight is 283 g/mol. The molecule has 0 aromatic heterocycles. The van der Waals surface area contributed by atoms with Crippen molar-refractivity contribution in [3.8, 4) is 11.5 Å². The summed E-state index contributed by atoms with van der Waals surface area (Å²) in [5, 5.41) is 0. The Labute approximate surface area is 127 Å². The second-order valence-corrected chi connectivity index (χ2v) is 5.63. The molecule has 0 saturated heterocycles. The maximum absolute atomic E-state index is 5.73. The van der Waals surface area contributed by atoms with Crippen molar-refractivity contribution in [3.63, 3.8) is 0 Å². The summed E-state index contributed by atoms with van der Waals surface area (Å²) in [5.74, 6) is 1.82. The minimum atomic E-state index is -0.0381. The molecule has 2 heteroatoms. The van der Waals surface area contributed by atoms with Gasteiger partial charge in [0.1, 0.15) is 11.5 Å². The van der Waals surface area contributed by atoms with Crippen molar-refractivity contribution >= 4 is 0 Å². The van der Waals surface area contributed by atoms with E-state index < -0.39 is 0 Å². The number of benzene rings is 2. The molecule has 0 bridgehead atoms. The molecular formula is C19H23O2. The van der Waals surface area contributed by atoms with E-state index in [0.29, 0.717) is 13.2 Å². The molecule has 0 fully saturated rings. The molecule has 21 heavy (non-hydrogen) atoms. The highest BCUT2D eigenvalue weighted by molar-refractivity contribution is 5.21. The van der Waals surface area contributed by atoms with Crippen LogP contribution in [0.3, 0.4) is 0 Å². The van der Waals surface area contributed by atoms with Crippen LogP contribution in [0.4, 0.5) is 0 Å². The van der Waals surface area contributed by atoms with Crippen molar-refractivity contribution in [1.29, 1.82) is 0 Å². The van der Waals surface area contributed by atoms with Gasteiger partial charge in [-0.25, -0.2) is 0 Å². The van der Waals surface area contributed by atoms with E-state index >= 15 is 0 Å². The quantitative estimate of drug-likeness (QED) is 0.695. The number of hydrogen-bond donors (Lipinski definition) is 0. The Bertz CT molecular complexity index is 458. The fourth-order valence-electron chi connectivity index (χ4n) is 1.99. The van der Waals surface area contributed by atoms with Gasteiger partial charge in [0.15, 0.2) is 0 Å². The zero-order valence-electron chi connectivity index (χ0n) is 12.6. The molecule has 0 aliphatic carbocycles. The highest BCUT2D eigenvalue weighted by atomic mass is 16.5. The van der Waals surface area contributed by atoms with E-state index in [0.717, 1.165) is 24.3 Å². The monoisotopic (exact) mass is 283 g/mol. The topological polar surface area (TPSA) is 18.5 Å². The van der Waals surface area contributed by atoms with Gasteiger partial charge in [0.25, 0.3) is 0 Å². The van der Waals surface area contributed by atoms with Crippen LogP contribution in [0.5, 0.6) is 11.5 Å². The molecule has 111 valence electrons. The summed E-state index contributed by atoms with van der Waals surface area (Å²) in [6.45, 7) is 7.77. The summed E-state index contributed by atoms with van der Waals surface area (Å²) < 4.78 is 11.5. The molecular weight excluding hydrogens is 260 g/mol. The van der Waals surface area contributed by atoms with Gasteiger partial charge in [-0.05, 0) is 49.4 Å². The molecule has 0 atom stereocenters. The second-order valence-electron chi connectivity index (χ2n) is 5.63. The molecule has 2 aromatic carbocycles. The zero-order valence-corrected chi connectivity index (χ0v) is 12.6. The molecule has 2 nitrogen and oxygen atoms in total. The molecule has 0 amide bonds. The van der Waals surface area contributed by atoms with Crippen LogP contribution < -0.4 is 9.47 Å². The molecule has 0 unspecified atom stereocenters. The van der Waals surface area contributed by atoms with Gasteiger partial charge < -0.3 is 9.47 Å². The molecule has 0 spiro atoms. The molecule has 0 N–H and O–H groups in total. The smallest absolute Gasteiger partial charge is 0.119 e. The summed E-state index contributed by atoms with van der Waals surface area (Å²) >= 11 is 0. The minimum Gasteiger partial charge on any atom is -0.494 e. The highest BCUT2D eigenvalue weighted by Crippen LogP contribution is 2.25. The van der Waals surface area contributed by atoms with E-state index in [1.165, 1.54) is 0 Å². The van der Waals surface area contributed by atoms with E-state index in [-0.39, 0.29) is 5.41 Å². The maximum atomic E-state index is 5.73. The van der Waals surface area contributed by atoms with E-state index in [2.05, 4.69) is 13.8 Å². The Morgan fingerprint density at radius 3 is 1.52 bits per heavy atom. The molecule has 0 aliphatic heterocycles. The normalized spacial score (nSPS) is 11.1. The Morgan fingerprint density at radius 2 is 1.14 bits per heavy atom. The molecule has 2 aromatic rings. The number of rotatable bonds is 8. The molecule has 0 saturated carbocycles. The van der Waals surface area contributed by atoms with Crippen LogP contribution in [0.15, 0.2) is 60.7 Å².